The molecule has 30 heavy (non-hydrogen) atoms. The van der Waals surface area contributed by atoms with Gasteiger partial charge in [0, 0.05) is 19.3 Å². The number of benzene rings is 1. The van der Waals surface area contributed by atoms with Gasteiger partial charge < -0.3 is 10.5 Å². The smallest absolute Gasteiger partial charge is 0.265 e. The Morgan fingerprint density at radius 3 is 2.57 bits per heavy atom. The summed E-state index contributed by atoms with van der Waals surface area (Å²) < 4.78 is 27.3. The lowest BCUT2D eigenvalue weighted by Crippen LogP contribution is -2.30. The third-order valence-corrected chi connectivity index (χ3v) is 7.28. The van der Waals surface area contributed by atoms with Crippen LogP contribution in [0.25, 0.3) is 0 Å². The minimum Gasteiger partial charge on any atom is -0.411 e. The van der Waals surface area contributed by atoms with Crippen LogP contribution < -0.4 is 9.62 Å². The lowest BCUT2D eigenvalue weighted by Gasteiger charge is -2.22. The summed E-state index contributed by atoms with van der Waals surface area (Å²) in [6.07, 6.45) is 2.74. The fourth-order valence-electron chi connectivity index (χ4n) is 2.99. The van der Waals surface area contributed by atoms with Crippen LogP contribution in [-0.4, -0.2) is 37.4 Å². The molecule has 0 saturated carbocycles. The van der Waals surface area contributed by atoms with Crippen LogP contribution in [0.15, 0.2) is 76.2 Å². The molecule has 9 heteroatoms. The molecule has 0 spiro atoms. The summed E-state index contributed by atoms with van der Waals surface area (Å²) in [5, 5.41) is 17.7. The van der Waals surface area contributed by atoms with E-state index in [1.807, 2.05) is 35.7 Å². The van der Waals surface area contributed by atoms with Gasteiger partial charge in [-0.2, -0.15) is 0 Å². The zero-order valence-electron chi connectivity index (χ0n) is 16.6. The largest absolute Gasteiger partial charge is 0.411 e. The molecular formula is C21H24N4O3S2. The van der Waals surface area contributed by atoms with E-state index in [0.717, 1.165) is 11.3 Å². The minimum absolute atomic E-state index is 0.145. The summed E-state index contributed by atoms with van der Waals surface area (Å²) in [6, 6.07) is 16.1. The fraction of sp³-hybridized carbons (Fsp3) is 0.238. The molecule has 1 aromatic carbocycles. The molecule has 0 bridgehead atoms. The Hall–Kier alpha value is -2.91. The molecule has 0 amide bonds. The molecule has 158 valence electrons. The highest BCUT2D eigenvalue weighted by atomic mass is 32.2. The molecule has 0 aliphatic rings. The van der Waals surface area contributed by atoms with Crippen LogP contribution >= 0.6 is 11.3 Å². The highest BCUT2D eigenvalue weighted by Gasteiger charge is 2.23. The number of sulfonamides is 1. The number of oxime groups is 1. The number of para-hydroxylation sites is 1. The molecule has 2 aromatic heterocycles. The first-order chi connectivity index (χ1) is 14.6. The van der Waals surface area contributed by atoms with Gasteiger partial charge in [0.25, 0.3) is 10.0 Å². The van der Waals surface area contributed by atoms with Crippen LogP contribution in [-0.2, 0) is 10.0 Å². The van der Waals surface area contributed by atoms with Crippen LogP contribution in [0.3, 0.4) is 0 Å². The molecule has 0 fully saturated rings. The summed E-state index contributed by atoms with van der Waals surface area (Å²) in [7, 11) is -3.69. The lowest BCUT2D eigenvalue weighted by molar-refractivity contribution is 0.318. The second kappa shape index (κ2) is 10.2. The quantitative estimate of drug-likeness (QED) is 0.209. The van der Waals surface area contributed by atoms with E-state index in [9.17, 15) is 8.42 Å². The van der Waals surface area contributed by atoms with Crippen LogP contribution in [0.2, 0.25) is 0 Å². The van der Waals surface area contributed by atoms with Crippen molar-refractivity contribution in [2.45, 2.75) is 24.7 Å². The highest BCUT2D eigenvalue weighted by molar-refractivity contribution is 7.92. The molecule has 0 aliphatic heterocycles. The summed E-state index contributed by atoms with van der Waals surface area (Å²) >= 11 is 1.53. The Labute approximate surface area is 180 Å². The second-order valence-corrected chi connectivity index (χ2v) is 9.25. The molecule has 0 saturated heterocycles. The Kier molecular flexibility index (Phi) is 7.42. The summed E-state index contributed by atoms with van der Waals surface area (Å²) in [5.41, 5.74) is 1.27. The van der Waals surface area contributed by atoms with E-state index in [1.165, 1.54) is 21.8 Å². The van der Waals surface area contributed by atoms with E-state index in [0.29, 0.717) is 36.7 Å². The third kappa shape index (κ3) is 5.17. The highest BCUT2D eigenvalue weighted by Crippen LogP contribution is 2.23. The summed E-state index contributed by atoms with van der Waals surface area (Å²) in [5.74, 6) is 0.593. The van der Waals surface area contributed by atoms with E-state index in [2.05, 4.69) is 15.5 Å². The van der Waals surface area contributed by atoms with Crippen molar-refractivity contribution in [3.63, 3.8) is 0 Å². The van der Waals surface area contributed by atoms with Gasteiger partial charge in [0.1, 0.15) is 10.7 Å². The number of nitrogens with one attached hydrogen (secondary N) is 1. The van der Waals surface area contributed by atoms with Gasteiger partial charge in [-0.1, -0.05) is 29.4 Å². The van der Waals surface area contributed by atoms with Crippen molar-refractivity contribution < 1.29 is 13.6 Å². The normalized spacial score (nSPS) is 12.0. The van der Waals surface area contributed by atoms with Crippen molar-refractivity contribution in [1.82, 2.24) is 4.98 Å². The van der Waals surface area contributed by atoms with E-state index in [-0.39, 0.29) is 4.90 Å². The van der Waals surface area contributed by atoms with E-state index >= 15 is 0 Å². The minimum atomic E-state index is -3.69. The van der Waals surface area contributed by atoms with Crippen molar-refractivity contribution in [2.75, 3.05) is 22.7 Å². The first-order valence-electron chi connectivity index (χ1n) is 9.58. The predicted octanol–water partition coefficient (Wildman–Crippen LogP) is 4.43. The topological polar surface area (TPSA) is 94.9 Å². The van der Waals surface area contributed by atoms with Gasteiger partial charge in [-0.15, -0.1) is 11.3 Å². The maximum Gasteiger partial charge on any atom is 0.265 e. The average Bonchev–Trinajstić information content (AvgIpc) is 3.30. The molecule has 0 aliphatic carbocycles. The van der Waals surface area contributed by atoms with Crippen LogP contribution in [0.4, 0.5) is 11.5 Å². The second-order valence-electron chi connectivity index (χ2n) is 6.44. The number of nitrogens with zero attached hydrogens (tertiary/aromatic N) is 3. The standard InChI is InChI=1S/C21H24N4O3S2/c1-2-25(17-8-4-3-5-9-17)30(27,28)18-12-13-21(23-16-18)22-14-6-10-19(24-26)20-11-7-15-29-20/h3-5,7-9,11-13,15-16,26H,2,6,10,14H2,1H3,(H,22,23)/b24-19-. The van der Waals surface area contributed by atoms with Gasteiger partial charge >= 0.3 is 0 Å². The molecule has 0 atom stereocenters. The van der Waals surface area contributed by atoms with Crippen LogP contribution in [0, 0.1) is 0 Å². The summed E-state index contributed by atoms with van der Waals surface area (Å²) in [4.78, 5) is 5.34. The maximum absolute atomic E-state index is 13.0. The fourth-order valence-corrected chi connectivity index (χ4v) is 5.15. The average molecular weight is 445 g/mol. The van der Waals surface area contributed by atoms with Gasteiger partial charge in [-0.25, -0.2) is 13.4 Å². The van der Waals surface area contributed by atoms with Crippen molar-refractivity contribution in [3.8, 4) is 0 Å². The Balaban J connectivity index is 1.59. The Morgan fingerprint density at radius 2 is 1.97 bits per heavy atom. The molecular weight excluding hydrogens is 420 g/mol. The number of hydrogen-bond donors (Lipinski definition) is 2. The molecule has 0 radical (unpaired) electrons. The lowest BCUT2D eigenvalue weighted by atomic mass is 10.2. The zero-order valence-corrected chi connectivity index (χ0v) is 18.2. The molecule has 2 heterocycles. The summed E-state index contributed by atoms with van der Waals surface area (Å²) in [6.45, 7) is 2.74. The molecule has 3 aromatic rings. The first kappa shape index (κ1) is 21.8. The van der Waals surface area contributed by atoms with Crippen LogP contribution in [0.5, 0.6) is 0 Å². The Bertz CT molecular complexity index is 1050. The van der Waals surface area contributed by atoms with Gasteiger partial charge in [0.2, 0.25) is 0 Å². The van der Waals surface area contributed by atoms with Gasteiger partial charge in [0.15, 0.2) is 0 Å². The number of pyridine rings is 1. The molecule has 3 rings (SSSR count). The van der Waals surface area contributed by atoms with E-state index < -0.39 is 10.0 Å². The SMILES string of the molecule is CCN(c1ccccc1)S(=O)(=O)c1ccc(NCCC/C(=N/O)c2cccs2)nc1. The van der Waals surface area contributed by atoms with Crippen molar-refractivity contribution >= 4 is 38.6 Å². The molecule has 2 N–H and O–H groups in total. The van der Waals surface area contributed by atoms with Crippen molar-refractivity contribution in [3.05, 3.63) is 71.1 Å². The number of aromatic nitrogens is 1. The van der Waals surface area contributed by atoms with E-state index in [1.54, 1.807) is 31.2 Å². The monoisotopic (exact) mass is 444 g/mol. The number of thiophene rings is 1. The van der Waals surface area contributed by atoms with Gasteiger partial charge in [0.05, 0.1) is 16.3 Å². The third-order valence-electron chi connectivity index (χ3n) is 4.48. The van der Waals surface area contributed by atoms with Gasteiger partial charge in [-0.3, -0.25) is 4.31 Å². The van der Waals surface area contributed by atoms with Crippen molar-refractivity contribution in [2.24, 2.45) is 5.16 Å². The predicted molar refractivity (Wildman–Crippen MR) is 121 cm³/mol. The Morgan fingerprint density at radius 1 is 1.17 bits per heavy atom. The van der Waals surface area contributed by atoms with Crippen LogP contribution in [0.1, 0.15) is 24.6 Å². The number of rotatable bonds is 10. The first-order valence-corrected chi connectivity index (χ1v) is 11.9. The van der Waals surface area contributed by atoms with Gasteiger partial charge in [-0.05, 0) is 55.5 Å². The molecule has 7 nitrogen and oxygen atoms in total. The zero-order chi connectivity index (χ0) is 21.4. The number of anilines is 2. The van der Waals surface area contributed by atoms with E-state index in [4.69, 9.17) is 5.21 Å². The maximum atomic E-state index is 13.0. The van der Waals surface area contributed by atoms with Crippen molar-refractivity contribution in [1.29, 1.82) is 0 Å². The number of hydrogen-bond acceptors (Lipinski definition) is 7. The molecule has 0 unspecified atom stereocenters.